The average molecular weight is 204 g/mol. The average Bonchev–Trinajstić information content (AvgIpc) is 2.16. The Bertz CT molecular complexity index is 181. The summed E-state index contributed by atoms with van der Waals surface area (Å²) in [6.45, 7) is 4.61. The van der Waals surface area contributed by atoms with Gasteiger partial charge in [-0.25, -0.2) is 0 Å². The summed E-state index contributed by atoms with van der Waals surface area (Å²) in [7, 11) is 0. The molecule has 1 unspecified atom stereocenters. The molecule has 0 aliphatic rings. The molecule has 1 atom stereocenters. The summed E-state index contributed by atoms with van der Waals surface area (Å²) in [5.41, 5.74) is 0. The van der Waals surface area contributed by atoms with E-state index in [0.29, 0.717) is 0 Å². The number of rotatable bonds is 5. The van der Waals surface area contributed by atoms with Gasteiger partial charge in [-0.15, -0.1) is 0 Å². The van der Waals surface area contributed by atoms with Gasteiger partial charge >= 0.3 is 11.9 Å². The van der Waals surface area contributed by atoms with E-state index in [1.807, 2.05) is 0 Å². The van der Waals surface area contributed by atoms with Crippen molar-refractivity contribution in [1.29, 1.82) is 0 Å². The van der Waals surface area contributed by atoms with Gasteiger partial charge in [0.25, 0.3) is 6.29 Å². The van der Waals surface area contributed by atoms with E-state index in [2.05, 4.69) is 0 Å². The fourth-order valence-corrected chi connectivity index (χ4v) is 0.647. The van der Waals surface area contributed by atoms with Crippen LogP contribution in [0.4, 0.5) is 0 Å². The first kappa shape index (κ1) is 12.9. The van der Waals surface area contributed by atoms with Gasteiger partial charge in [0.15, 0.2) is 0 Å². The van der Waals surface area contributed by atoms with Crippen molar-refractivity contribution in [3.63, 3.8) is 0 Å². The molecule has 0 heterocycles. The van der Waals surface area contributed by atoms with Crippen LogP contribution >= 0.6 is 0 Å². The summed E-state index contributed by atoms with van der Waals surface area (Å²) in [6.07, 6.45) is -1.88. The fourth-order valence-electron chi connectivity index (χ4n) is 0.647. The van der Waals surface area contributed by atoms with Crippen LogP contribution in [-0.2, 0) is 19.1 Å². The highest BCUT2D eigenvalue weighted by Crippen LogP contribution is 2.04. The first-order valence-electron chi connectivity index (χ1n) is 4.58. The molecule has 1 N–H and O–H groups in total. The van der Waals surface area contributed by atoms with Gasteiger partial charge in [0, 0.05) is 12.8 Å². The number of carbonyl (C=O) groups is 2. The summed E-state index contributed by atoms with van der Waals surface area (Å²) >= 11 is 0. The van der Waals surface area contributed by atoms with Crippen LogP contribution in [0.5, 0.6) is 0 Å². The number of esters is 2. The van der Waals surface area contributed by atoms with E-state index in [0.717, 1.165) is 0 Å². The van der Waals surface area contributed by atoms with E-state index < -0.39 is 24.3 Å². The van der Waals surface area contributed by atoms with E-state index in [1.165, 1.54) is 6.92 Å². The van der Waals surface area contributed by atoms with Crippen molar-refractivity contribution < 1.29 is 24.2 Å². The molecule has 0 aliphatic heterocycles. The topological polar surface area (TPSA) is 72.8 Å². The van der Waals surface area contributed by atoms with Gasteiger partial charge in [-0.2, -0.15) is 0 Å². The monoisotopic (exact) mass is 204 g/mol. The number of ether oxygens (including phenoxy) is 2. The molecule has 5 heteroatoms. The molecule has 0 saturated heterocycles. The van der Waals surface area contributed by atoms with Crippen LogP contribution in [0.25, 0.3) is 0 Å². The van der Waals surface area contributed by atoms with Crippen molar-refractivity contribution in [3.05, 3.63) is 0 Å². The molecular weight excluding hydrogens is 188 g/mol. The van der Waals surface area contributed by atoms with Gasteiger partial charge < -0.3 is 14.6 Å². The second kappa shape index (κ2) is 6.37. The third kappa shape index (κ3) is 4.81. The molecule has 0 aromatic heterocycles. The molecule has 5 nitrogen and oxygen atoms in total. The van der Waals surface area contributed by atoms with Crippen molar-refractivity contribution in [2.45, 2.75) is 46.0 Å². The van der Waals surface area contributed by atoms with Crippen LogP contribution < -0.4 is 0 Å². The van der Waals surface area contributed by atoms with Crippen molar-refractivity contribution in [2.24, 2.45) is 0 Å². The Morgan fingerprint density at radius 1 is 1.14 bits per heavy atom. The number of aliphatic hydroxyl groups is 1. The summed E-state index contributed by atoms with van der Waals surface area (Å²) < 4.78 is 9.40. The van der Waals surface area contributed by atoms with Crippen molar-refractivity contribution in [1.82, 2.24) is 0 Å². The normalized spacial score (nSPS) is 12.4. The molecule has 0 amide bonds. The smallest absolute Gasteiger partial charge is 0.308 e. The standard InChI is InChI=1S/C9H16O5/c1-4-7(11)13-9(6(3)10)14-8(12)5-2/h6,9-10H,4-5H2,1-3H3. The van der Waals surface area contributed by atoms with Crippen molar-refractivity contribution >= 4 is 11.9 Å². The van der Waals surface area contributed by atoms with Crippen LogP contribution in [0.3, 0.4) is 0 Å². The second-order valence-electron chi connectivity index (χ2n) is 2.80. The Labute approximate surface area is 83.0 Å². The predicted molar refractivity (Wildman–Crippen MR) is 48.2 cm³/mol. The van der Waals surface area contributed by atoms with Crippen LogP contribution in [0.1, 0.15) is 33.6 Å². The Morgan fingerprint density at radius 3 is 1.71 bits per heavy atom. The zero-order chi connectivity index (χ0) is 11.1. The van der Waals surface area contributed by atoms with E-state index >= 15 is 0 Å². The zero-order valence-electron chi connectivity index (χ0n) is 8.65. The maximum absolute atomic E-state index is 10.9. The Kier molecular flexibility index (Phi) is 5.87. The number of carbonyl (C=O) groups excluding carboxylic acids is 2. The van der Waals surface area contributed by atoms with Gasteiger partial charge in [0.05, 0.1) is 0 Å². The van der Waals surface area contributed by atoms with E-state index in [9.17, 15) is 9.59 Å². The quantitative estimate of drug-likeness (QED) is 0.524. The first-order valence-corrected chi connectivity index (χ1v) is 4.58. The third-order valence-electron chi connectivity index (χ3n) is 1.47. The molecule has 0 spiro atoms. The van der Waals surface area contributed by atoms with Gasteiger partial charge in [0.1, 0.15) is 6.10 Å². The lowest BCUT2D eigenvalue weighted by molar-refractivity contribution is -0.204. The fraction of sp³-hybridized carbons (Fsp3) is 0.778. The minimum atomic E-state index is -1.20. The lowest BCUT2D eigenvalue weighted by Crippen LogP contribution is -2.33. The molecule has 0 saturated carbocycles. The lowest BCUT2D eigenvalue weighted by Gasteiger charge is -2.19. The SMILES string of the molecule is CCC(=O)OC(OC(=O)CC)C(C)O. The molecule has 82 valence electrons. The molecule has 0 aliphatic carbocycles. The highest BCUT2D eigenvalue weighted by atomic mass is 16.7. The van der Waals surface area contributed by atoms with Crippen molar-refractivity contribution in [2.75, 3.05) is 0 Å². The Hall–Kier alpha value is -1.10. The summed E-state index contributed by atoms with van der Waals surface area (Å²) in [5.74, 6) is -1.03. The van der Waals surface area contributed by atoms with Crippen LogP contribution in [0, 0.1) is 0 Å². The predicted octanol–water partition coefficient (Wildman–Crippen LogP) is 0.600. The maximum Gasteiger partial charge on any atom is 0.308 e. The molecule has 0 radical (unpaired) electrons. The molecule has 0 aromatic carbocycles. The van der Waals surface area contributed by atoms with E-state index in [-0.39, 0.29) is 12.8 Å². The lowest BCUT2D eigenvalue weighted by atomic mass is 10.4. The third-order valence-corrected chi connectivity index (χ3v) is 1.47. The minimum Gasteiger partial charge on any atom is -0.422 e. The highest BCUT2D eigenvalue weighted by molar-refractivity contribution is 5.71. The van der Waals surface area contributed by atoms with E-state index in [4.69, 9.17) is 14.6 Å². The molecule has 0 fully saturated rings. The van der Waals surface area contributed by atoms with Crippen molar-refractivity contribution in [3.8, 4) is 0 Å². The zero-order valence-corrected chi connectivity index (χ0v) is 8.65. The molecular formula is C9H16O5. The summed E-state index contributed by atoms with van der Waals surface area (Å²) in [6, 6.07) is 0. The molecule has 14 heavy (non-hydrogen) atoms. The number of hydrogen-bond acceptors (Lipinski definition) is 5. The minimum absolute atomic E-state index is 0.174. The van der Waals surface area contributed by atoms with Gasteiger partial charge in [-0.05, 0) is 6.92 Å². The van der Waals surface area contributed by atoms with Gasteiger partial charge in [0.2, 0.25) is 0 Å². The highest BCUT2D eigenvalue weighted by Gasteiger charge is 2.22. The van der Waals surface area contributed by atoms with Gasteiger partial charge in [-0.3, -0.25) is 9.59 Å². The molecule has 0 aromatic rings. The number of aliphatic hydroxyl groups excluding tert-OH is 1. The van der Waals surface area contributed by atoms with Crippen LogP contribution in [0.2, 0.25) is 0 Å². The Morgan fingerprint density at radius 2 is 1.50 bits per heavy atom. The second-order valence-corrected chi connectivity index (χ2v) is 2.80. The first-order chi connectivity index (χ1) is 6.51. The van der Waals surface area contributed by atoms with Crippen LogP contribution in [0.15, 0.2) is 0 Å². The van der Waals surface area contributed by atoms with Gasteiger partial charge in [-0.1, -0.05) is 13.8 Å². The summed E-state index contributed by atoms with van der Waals surface area (Å²) in [5, 5.41) is 9.15. The Balaban J connectivity index is 4.16. The number of hydrogen-bond donors (Lipinski definition) is 1. The largest absolute Gasteiger partial charge is 0.422 e. The molecule has 0 bridgehead atoms. The van der Waals surface area contributed by atoms with Crippen LogP contribution in [-0.4, -0.2) is 29.4 Å². The summed E-state index contributed by atoms with van der Waals surface area (Å²) in [4.78, 5) is 21.7. The maximum atomic E-state index is 10.9. The van der Waals surface area contributed by atoms with E-state index in [1.54, 1.807) is 13.8 Å². The molecule has 0 rings (SSSR count).